The van der Waals surface area contributed by atoms with Gasteiger partial charge in [-0.15, -0.1) is 11.3 Å². The molecule has 4 heteroatoms. The zero-order valence-electron chi connectivity index (χ0n) is 8.99. The third-order valence-electron chi connectivity index (χ3n) is 2.31. The van der Waals surface area contributed by atoms with Gasteiger partial charge in [0.25, 0.3) is 0 Å². The highest BCUT2D eigenvalue weighted by Crippen LogP contribution is 2.37. The zero-order valence-corrected chi connectivity index (χ0v) is 12.0. The molecule has 0 N–H and O–H groups in total. The Hall–Kier alpha value is -0.750. The van der Waals surface area contributed by atoms with Crippen molar-refractivity contribution in [3.63, 3.8) is 0 Å². The van der Waals surface area contributed by atoms with Gasteiger partial charge in [0.1, 0.15) is 11.5 Å². The molecule has 1 aromatic heterocycles. The molecule has 2 aromatic rings. The van der Waals surface area contributed by atoms with Crippen molar-refractivity contribution in [2.24, 2.45) is 0 Å². The Bertz CT molecular complexity index is 494. The van der Waals surface area contributed by atoms with Gasteiger partial charge >= 0.3 is 0 Å². The summed E-state index contributed by atoms with van der Waals surface area (Å²) in [6.45, 7) is 0. The summed E-state index contributed by atoms with van der Waals surface area (Å²) in [6.07, 6.45) is 0. The number of hydrogen-bond donors (Lipinski definition) is 0. The van der Waals surface area contributed by atoms with Gasteiger partial charge in [-0.1, -0.05) is 0 Å². The number of thiophene rings is 1. The van der Waals surface area contributed by atoms with Crippen LogP contribution in [-0.2, 0) is 0 Å². The predicted octanol–water partition coefficient (Wildman–Crippen LogP) is 4.04. The summed E-state index contributed by atoms with van der Waals surface area (Å²) >= 11 is 4.06. The topological polar surface area (TPSA) is 18.5 Å². The van der Waals surface area contributed by atoms with Crippen molar-refractivity contribution < 1.29 is 9.47 Å². The Morgan fingerprint density at radius 3 is 2.44 bits per heavy atom. The van der Waals surface area contributed by atoms with Gasteiger partial charge < -0.3 is 9.47 Å². The third kappa shape index (κ3) is 2.17. The molecule has 0 aliphatic heterocycles. The molecule has 0 atom stereocenters. The maximum Gasteiger partial charge on any atom is 0.127 e. The molecule has 0 spiro atoms. The Labute approximate surface area is 112 Å². The molecule has 1 heterocycles. The van der Waals surface area contributed by atoms with E-state index in [0.717, 1.165) is 17.1 Å². The largest absolute Gasteiger partial charge is 0.497 e. The predicted molar refractivity (Wildman–Crippen MR) is 75.6 cm³/mol. The number of ether oxygens (including phenoxy) is 2. The molecule has 2 nitrogen and oxygen atoms in total. The molecule has 0 amide bonds. The molecule has 0 saturated carbocycles. The van der Waals surface area contributed by atoms with E-state index in [1.54, 1.807) is 25.6 Å². The molecule has 16 heavy (non-hydrogen) atoms. The molecule has 0 saturated heterocycles. The fourth-order valence-electron chi connectivity index (χ4n) is 1.51. The van der Waals surface area contributed by atoms with Crippen LogP contribution >= 0.6 is 33.9 Å². The summed E-state index contributed by atoms with van der Waals surface area (Å²) in [5.74, 6) is 1.72. The Kier molecular flexibility index (Phi) is 3.70. The first-order valence-electron chi connectivity index (χ1n) is 4.71. The Balaban J connectivity index is 2.57. The van der Waals surface area contributed by atoms with Crippen LogP contribution in [0.1, 0.15) is 0 Å². The van der Waals surface area contributed by atoms with Gasteiger partial charge in [0, 0.05) is 11.1 Å². The number of hydrogen-bond acceptors (Lipinski definition) is 3. The monoisotopic (exact) mass is 346 g/mol. The zero-order chi connectivity index (χ0) is 11.5. The van der Waals surface area contributed by atoms with Gasteiger partial charge in [-0.3, -0.25) is 0 Å². The van der Waals surface area contributed by atoms with Gasteiger partial charge in [-0.25, -0.2) is 0 Å². The SMILES string of the molecule is COc1ccc(OC)c(-c2ccsc2I)c1. The van der Waals surface area contributed by atoms with Crippen LogP contribution in [0.4, 0.5) is 0 Å². The lowest BCUT2D eigenvalue weighted by Gasteiger charge is -2.09. The molecule has 2 rings (SSSR count). The molecule has 0 fully saturated rings. The quantitative estimate of drug-likeness (QED) is 0.781. The van der Waals surface area contributed by atoms with Crippen LogP contribution in [0.2, 0.25) is 0 Å². The van der Waals surface area contributed by atoms with E-state index in [2.05, 4.69) is 34.0 Å². The number of benzene rings is 1. The summed E-state index contributed by atoms with van der Waals surface area (Å²) in [4.78, 5) is 0. The van der Waals surface area contributed by atoms with E-state index in [1.807, 2.05) is 18.2 Å². The minimum Gasteiger partial charge on any atom is -0.497 e. The lowest BCUT2D eigenvalue weighted by Crippen LogP contribution is -1.90. The van der Waals surface area contributed by atoms with Crippen molar-refractivity contribution in [1.82, 2.24) is 0 Å². The summed E-state index contributed by atoms with van der Waals surface area (Å²) < 4.78 is 11.9. The van der Waals surface area contributed by atoms with Crippen molar-refractivity contribution in [3.8, 4) is 22.6 Å². The van der Waals surface area contributed by atoms with E-state index in [0.29, 0.717) is 0 Å². The van der Waals surface area contributed by atoms with Crippen molar-refractivity contribution >= 4 is 33.9 Å². The van der Waals surface area contributed by atoms with E-state index in [9.17, 15) is 0 Å². The van der Waals surface area contributed by atoms with Crippen LogP contribution < -0.4 is 9.47 Å². The normalized spacial score (nSPS) is 10.2. The van der Waals surface area contributed by atoms with Crippen LogP contribution in [0.25, 0.3) is 11.1 Å². The highest BCUT2D eigenvalue weighted by Gasteiger charge is 2.11. The summed E-state index contributed by atoms with van der Waals surface area (Å²) in [5.41, 5.74) is 2.27. The average molecular weight is 346 g/mol. The van der Waals surface area contributed by atoms with Crippen LogP contribution in [0, 0.1) is 2.88 Å². The second-order valence-corrected chi connectivity index (χ2v) is 5.90. The summed E-state index contributed by atoms with van der Waals surface area (Å²) in [6, 6.07) is 7.94. The molecule has 1 aromatic carbocycles. The molecule has 0 aliphatic rings. The van der Waals surface area contributed by atoms with Crippen LogP contribution in [-0.4, -0.2) is 14.2 Å². The lowest BCUT2D eigenvalue weighted by molar-refractivity contribution is 0.404. The van der Waals surface area contributed by atoms with E-state index >= 15 is 0 Å². The number of rotatable bonds is 3. The molecule has 0 bridgehead atoms. The van der Waals surface area contributed by atoms with E-state index in [-0.39, 0.29) is 0 Å². The Morgan fingerprint density at radius 2 is 1.88 bits per heavy atom. The molecular formula is C12H11IO2S. The molecule has 84 valence electrons. The summed E-state index contributed by atoms with van der Waals surface area (Å²) in [7, 11) is 3.36. The second kappa shape index (κ2) is 5.05. The average Bonchev–Trinajstić information content (AvgIpc) is 2.74. The van der Waals surface area contributed by atoms with Crippen molar-refractivity contribution in [2.75, 3.05) is 14.2 Å². The van der Waals surface area contributed by atoms with Gasteiger partial charge in [0.15, 0.2) is 0 Å². The van der Waals surface area contributed by atoms with E-state index in [1.165, 1.54) is 8.45 Å². The molecule has 0 aliphatic carbocycles. The maximum absolute atomic E-state index is 5.37. The third-order valence-corrected chi connectivity index (χ3v) is 4.36. The first kappa shape index (κ1) is 11.7. The lowest BCUT2D eigenvalue weighted by atomic mass is 10.1. The van der Waals surface area contributed by atoms with Gasteiger partial charge in [-0.2, -0.15) is 0 Å². The Morgan fingerprint density at radius 1 is 1.06 bits per heavy atom. The highest BCUT2D eigenvalue weighted by atomic mass is 127. The standard InChI is InChI=1S/C12H11IO2S/c1-14-8-3-4-11(15-2)10(7-8)9-5-6-16-12(9)13/h3-7H,1-2H3. The molecule has 0 unspecified atom stereocenters. The van der Waals surface area contributed by atoms with E-state index in [4.69, 9.17) is 9.47 Å². The maximum atomic E-state index is 5.37. The first-order chi connectivity index (χ1) is 7.76. The van der Waals surface area contributed by atoms with Crippen molar-refractivity contribution in [3.05, 3.63) is 32.5 Å². The fourth-order valence-corrected chi connectivity index (χ4v) is 3.05. The van der Waals surface area contributed by atoms with Crippen molar-refractivity contribution in [1.29, 1.82) is 0 Å². The number of methoxy groups -OCH3 is 2. The van der Waals surface area contributed by atoms with Gasteiger partial charge in [0.2, 0.25) is 0 Å². The minimum atomic E-state index is 0.845. The molecule has 0 radical (unpaired) electrons. The van der Waals surface area contributed by atoms with E-state index < -0.39 is 0 Å². The van der Waals surface area contributed by atoms with Crippen molar-refractivity contribution in [2.45, 2.75) is 0 Å². The van der Waals surface area contributed by atoms with Gasteiger partial charge in [0.05, 0.1) is 17.1 Å². The van der Waals surface area contributed by atoms with Crippen LogP contribution in [0.5, 0.6) is 11.5 Å². The molecular weight excluding hydrogens is 335 g/mol. The number of halogens is 1. The van der Waals surface area contributed by atoms with Crippen LogP contribution in [0.15, 0.2) is 29.6 Å². The van der Waals surface area contributed by atoms with Gasteiger partial charge in [-0.05, 0) is 52.2 Å². The smallest absolute Gasteiger partial charge is 0.127 e. The summed E-state index contributed by atoms with van der Waals surface area (Å²) in [5, 5.41) is 2.08. The second-order valence-electron chi connectivity index (χ2n) is 3.17. The fraction of sp³-hybridized carbons (Fsp3) is 0.167. The highest BCUT2D eigenvalue weighted by molar-refractivity contribution is 14.1. The van der Waals surface area contributed by atoms with Crippen LogP contribution in [0.3, 0.4) is 0 Å². The minimum absolute atomic E-state index is 0.845. The first-order valence-corrected chi connectivity index (χ1v) is 6.67.